The lowest BCUT2D eigenvalue weighted by molar-refractivity contribution is -0.849. The smallest absolute Gasteiger partial charge is 0.114 e. The number of hydrogen-bond acceptors (Lipinski definition) is 7. The number of carbonyl (C=O) groups is 3. The number of hydrogen-bond donors (Lipinski definition) is 1. The molecule has 0 heterocycles. The van der Waals surface area contributed by atoms with Gasteiger partial charge in [0.25, 0.3) is 0 Å². The second-order valence-electron chi connectivity index (χ2n) is 5.10. The first kappa shape index (κ1) is 26.7. The average Bonchev–Trinajstić information content (AvgIpc) is 1.95. The molecule has 0 aliphatic rings. The lowest BCUT2D eigenvalue weighted by atomic mass is 9.96. The van der Waals surface area contributed by atoms with Crippen molar-refractivity contribution >= 4 is 17.9 Å². The Hall–Kier alpha value is -1.75. The number of carboxylic acids is 3. The van der Waals surface area contributed by atoms with Crippen LogP contribution in [0.2, 0.25) is 0 Å². The van der Waals surface area contributed by atoms with Gasteiger partial charge in [-0.05, 0) is 0 Å². The summed E-state index contributed by atoms with van der Waals surface area (Å²) in [5.41, 5.74) is -2.97. The van der Waals surface area contributed by atoms with Gasteiger partial charge in [0, 0.05) is 24.8 Å². The quantitative estimate of drug-likeness (QED) is 0.485. The monoisotopic (exact) mass is 299 g/mol. The van der Waals surface area contributed by atoms with Gasteiger partial charge in [-0.1, -0.05) is 0 Å². The zero-order valence-corrected chi connectivity index (χ0v) is 11.8. The standard InChI is InChI=1S/C6H8O7.C4H12N.2H2O/c7-3(8)1-6(13,5(11)12)2-4(9)10;1-5(2,3)4;;/h13H,1-2H2,(H,7,8)(H,9,10)(H,11,12);1-4H3;2*1H2/q;+1;;/p-3. The Balaban J connectivity index is -0.000000158. The molecule has 122 valence electrons. The van der Waals surface area contributed by atoms with Gasteiger partial charge in [-0.2, -0.15) is 0 Å². The largest absolute Gasteiger partial charge is 0.550 e. The lowest BCUT2D eigenvalue weighted by Gasteiger charge is -2.29. The molecule has 0 aromatic carbocycles. The third-order valence-corrected chi connectivity index (χ3v) is 1.25. The molecule has 5 N–H and O–H groups in total. The van der Waals surface area contributed by atoms with Crippen molar-refractivity contribution < 1.29 is 50.2 Å². The molecule has 0 bridgehead atoms. The van der Waals surface area contributed by atoms with Crippen molar-refractivity contribution in [2.24, 2.45) is 0 Å². The molecule has 0 saturated heterocycles. The summed E-state index contributed by atoms with van der Waals surface area (Å²) in [5, 5.41) is 38.9. The molecular formula is C10H21NO9-2. The highest BCUT2D eigenvalue weighted by Crippen LogP contribution is 2.13. The molecule has 0 fully saturated rings. The fraction of sp³-hybridized carbons (Fsp3) is 0.700. The van der Waals surface area contributed by atoms with Gasteiger partial charge in [0.1, 0.15) is 5.60 Å². The van der Waals surface area contributed by atoms with Crippen LogP contribution in [0.25, 0.3) is 0 Å². The van der Waals surface area contributed by atoms with Crippen LogP contribution in [-0.4, -0.2) is 72.2 Å². The predicted octanol–water partition coefficient (Wildman–Crippen LogP) is -6.58. The van der Waals surface area contributed by atoms with Crippen LogP contribution < -0.4 is 15.3 Å². The van der Waals surface area contributed by atoms with Gasteiger partial charge in [-0.15, -0.1) is 0 Å². The van der Waals surface area contributed by atoms with E-state index in [1.165, 1.54) is 0 Å². The highest BCUT2D eigenvalue weighted by Gasteiger charge is 2.29. The van der Waals surface area contributed by atoms with E-state index < -0.39 is 36.4 Å². The van der Waals surface area contributed by atoms with Gasteiger partial charge in [-0.25, -0.2) is 0 Å². The van der Waals surface area contributed by atoms with Gasteiger partial charge in [-0.3, -0.25) is 0 Å². The number of carboxylic acid groups (broad SMARTS) is 3. The first-order valence-electron chi connectivity index (χ1n) is 4.90. The van der Waals surface area contributed by atoms with E-state index in [-0.39, 0.29) is 11.0 Å². The van der Waals surface area contributed by atoms with Crippen LogP contribution in [0.5, 0.6) is 0 Å². The summed E-state index contributed by atoms with van der Waals surface area (Å²) in [4.78, 5) is 30.0. The maximum Gasteiger partial charge on any atom is 0.114 e. The molecule has 10 nitrogen and oxygen atoms in total. The van der Waals surface area contributed by atoms with Crippen LogP contribution in [-0.2, 0) is 14.4 Å². The van der Waals surface area contributed by atoms with E-state index in [4.69, 9.17) is 5.11 Å². The van der Waals surface area contributed by atoms with Crippen LogP contribution in [0.4, 0.5) is 0 Å². The number of carbonyl (C=O) groups excluding carboxylic acids is 3. The van der Waals surface area contributed by atoms with Gasteiger partial charge < -0.3 is 50.2 Å². The van der Waals surface area contributed by atoms with Gasteiger partial charge in [0.15, 0.2) is 0 Å². The lowest BCUT2D eigenvalue weighted by Crippen LogP contribution is -2.54. The van der Waals surface area contributed by atoms with Crippen LogP contribution in [0.15, 0.2) is 0 Å². The minimum absolute atomic E-state index is 0. The molecule has 0 rings (SSSR count). The third-order valence-electron chi connectivity index (χ3n) is 1.25. The molecule has 0 atom stereocenters. The van der Waals surface area contributed by atoms with Crippen LogP contribution in [0, 0.1) is 0 Å². The summed E-state index contributed by atoms with van der Waals surface area (Å²) in [7, 11) is 8.50. The van der Waals surface area contributed by atoms with Gasteiger partial charge in [0.2, 0.25) is 0 Å². The third kappa shape index (κ3) is 18.6. The van der Waals surface area contributed by atoms with E-state index in [0.29, 0.717) is 0 Å². The fourth-order valence-corrected chi connectivity index (χ4v) is 0.684. The molecule has 0 aromatic rings. The summed E-state index contributed by atoms with van der Waals surface area (Å²) in [6, 6.07) is 0. The van der Waals surface area contributed by atoms with E-state index in [1.807, 2.05) is 0 Å². The molecule has 0 unspecified atom stereocenters. The molecule has 0 amide bonds. The van der Waals surface area contributed by atoms with E-state index in [9.17, 15) is 29.7 Å². The fourth-order valence-electron chi connectivity index (χ4n) is 0.684. The molecule has 0 spiro atoms. The number of quaternary nitrogens is 1. The zero-order valence-electron chi connectivity index (χ0n) is 11.8. The Morgan fingerprint density at radius 2 is 1.10 bits per heavy atom. The van der Waals surface area contributed by atoms with Crippen molar-refractivity contribution in [3.05, 3.63) is 0 Å². The molecule has 10 heteroatoms. The summed E-state index contributed by atoms with van der Waals surface area (Å²) >= 11 is 0. The van der Waals surface area contributed by atoms with E-state index in [1.54, 1.807) is 0 Å². The van der Waals surface area contributed by atoms with Crippen molar-refractivity contribution in [2.75, 3.05) is 28.2 Å². The number of nitrogens with zero attached hydrogens (tertiary/aromatic N) is 1. The Morgan fingerprint density at radius 3 is 1.20 bits per heavy atom. The maximum absolute atomic E-state index is 10.1. The molecule has 0 aromatic heterocycles. The first-order chi connectivity index (χ1) is 7.78. The topological polar surface area (TPSA) is 204 Å². The van der Waals surface area contributed by atoms with Gasteiger partial charge in [0.05, 0.1) is 34.2 Å². The molecule has 0 saturated carbocycles. The number of rotatable bonds is 5. The Bertz CT molecular complexity index is 299. The van der Waals surface area contributed by atoms with Crippen LogP contribution >= 0.6 is 0 Å². The maximum atomic E-state index is 10.1. The molecular weight excluding hydrogens is 278 g/mol. The SMILES string of the molecule is C[N+](C)(C)C.O.O.O=C([O-])CC(O)(CC(=O)[O-])C(=O)[O-]. The number of aliphatic hydroxyl groups is 1. The van der Waals surface area contributed by atoms with Gasteiger partial charge >= 0.3 is 0 Å². The van der Waals surface area contributed by atoms with Crippen molar-refractivity contribution in [1.82, 2.24) is 0 Å². The second-order valence-corrected chi connectivity index (χ2v) is 5.10. The van der Waals surface area contributed by atoms with E-state index in [0.717, 1.165) is 4.48 Å². The first-order valence-corrected chi connectivity index (χ1v) is 4.90. The van der Waals surface area contributed by atoms with E-state index in [2.05, 4.69) is 28.2 Å². The van der Waals surface area contributed by atoms with Crippen molar-refractivity contribution in [2.45, 2.75) is 18.4 Å². The second kappa shape index (κ2) is 10.1. The Morgan fingerprint density at radius 1 is 0.900 bits per heavy atom. The molecule has 0 aliphatic carbocycles. The molecule has 0 radical (unpaired) electrons. The highest BCUT2D eigenvalue weighted by atomic mass is 16.4. The average molecular weight is 299 g/mol. The summed E-state index contributed by atoms with van der Waals surface area (Å²) in [6.07, 6.45) is -2.72. The van der Waals surface area contributed by atoms with Crippen molar-refractivity contribution in [3.8, 4) is 0 Å². The summed E-state index contributed by atoms with van der Waals surface area (Å²) in [5.74, 6) is -5.98. The Labute approximate surface area is 116 Å². The normalized spacial score (nSPS) is 10.1. The Kier molecular flexibility index (Phi) is 13.5. The van der Waals surface area contributed by atoms with Crippen molar-refractivity contribution in [3.63, 3.8) is 0 Å². The van der Waals surface area contributed by atoms with E-state index >= 15 is 0 Å². The van der Waals surface area contributed by atoms with Crippen molar-refractivity contribution in [1.29, 1.82) is 0 Å². The number of aliphatic carboxylic acids is 3. The molecule has 0 aliphatic heterocycles. The minimum Gasteiger partial charge on any atom is -0.550 e. The summed E-state index contributed by atoms with van der Waals surface area (Å²) in [6.45, 7) is 0. The zero-order chi connectivity index (χ0) is 15.1. The highest BCUT2D eigenvalue weighted by molar-refractivity contribution is 5.86. The minimum atomic E-state index is -2.97. The molecule has 20 heavy (non-hydrogen) atoms. The van der Waals surface area contributed by atoms with Crippen LogP contribution in [0.1, 0.15) is 12.8 Å². The predicted molar refractivity (Wildman–Crippen MR) is 60.4 cm³/mol. The summed E-state index contributed by atoms with van der Waals surface area (Å²) < 4.78 is 1.00. The van der Waals surface area contributed by atoms with Crippen LogP contribution in [0.3, 0.4) is 0 Å².